The number of para-hydroxylation sites is 1. The van der Waals surface area contributed by atoms with Crippen molar-refractivity contribution < 1.29 is 14.1 Å². The van der Waals surface area contributed by atoms with Gasteiger partial charge in [-0.05, 0) is 25.3 Å². The molecule has 0 fully saturated rings. The summed E-state index contributed by atoms with van der Waals surface area (Å²) in [6.07, 6.45) is 2.69. The summed E-state index contributed by atoms with van der Waals surface area (Å²) >= 11 is 3.30. The largest absolute Gasteiger partial charge is 0.485 e. The van der Waals surface area contributed by atoms with Crippen LogP contribution in [-0.2, 0) is 0 Å². The number of alkyl halides is 1. The summed E-state index contributed by atoms with van der Waals surface area (Å²) < 4.78 is 18.5. The van der Waals surface area contributed by atoms with Crippen LogP contribution >= 0.6 is 15.9 Å². The number of nitro benzene ring substituents is 1. The molecule has 1 aromatic carbocycles. The fourth-order valence-electron chi connectivity index (χ4n) is 1.33. The van der Waals surface area contributed by atoms with Gasteiger partial charge in [-0.2, -0.15) is 0 Å². The molecule has 4 nitrogen and oxygen atoms in total. The molecule has 0 atom stereocenters. The zero-order valence-corrected chi connectivity index (χ0v) is 10.8. The van der Waals surface area contributed by atoms with E-state index < -0.39 is 10.7 Å². The highest BCUT2D eigenvalue weighted by molar-refractivity contribution is 9.09. The van der Waals surface area contributed by atoms with Crippen LogP contribution < -0.4 is 4.74 Å². The summed E-state index contributed by atoms with van der Waals surface area (Å²) in [4.78, 5) is 10.0. The number of hydrogen-bond donors (Lipinski definition) is 0. The molecule has 6 heteroatoms. The molecule has 0 heterocycles. The average molecular weight is 306 g/mol. The number of nitrogens with zero attached hydrogens (tertiary/aromatic N) is 1. The van der Waals surface area contributed by atoms with E-state index in [4.69, 9.17) is 4.74 Å². The van der Waals surface area contributed by atoms with Crippen LogP contribution in [0.15, 0.2) is 18.2 Å². The fraction of sp³-hybridized carbons (Fsp3) is 0.455. The Morgan fingerprint density at radius 1 is 1.35 bits per heavy atom. The third-order valence-corrected chi connectivity index (χ3v) is 2.73. The second kappa shape index (κ2) is 7.21. The molecule has 0 bridgehead atoms. The number of unbranched alkanes of at least 4 members (excludes halogenated alkanes) is 2. The first-order valence-corrected chi connectivity index (χ1v) is 6.40. The van der Waals surface area contributed by atoms with Gasteiger partial charge in [0.1, 0.15) is 0 Å². The Morgan fingerprint density at radius 2 is 2.12 bits per heavy atom. The Kier molecular flexibility index (Phi) is 5.90. The highest BCUT2D eigenvalue weighted by Crippen LogP contribution is 2.29. The highest BCUT2D eigenvalue weighted by atomic mass is 79.9. The van der Waals surface area contributed by atoms with Gasteiger partial charge in [0, 0.05) is 11.4 Å². The lowest BCUT2D eigenvalue weighted by molar-refractivity contribution is -0.386. The molecular weight excluding hydrogens is 293 g/mol. The molecule has 0 saturated carbocycles. The first-order chi connectivity index (χ1) is 8.16. The minimum atomic E-state index is -0.695. The van der Waals surface area contributed by atoms with Crippen molar-refractivity contribution in [2.45, 2.75) is 19.3 Å². The Balaban J connectivity index is 2.60. The predicted octanol–water partition coefficient (Wildman–Crippen LogP) is 3.68. The van der Waals surface area contributed by atoms with Crippen LogP contribution in [0.2, 0.25) is 0 Å². The lowest BCUT2D eigenvalue weighted by Gasteiger charge is -2.07. The van der Waals surface area contributed by atoms with Crippen molar-refractivity contribution in [1.82, 2.24) is 0 Å². The Morgan fingerprint density at radius 3 is 2.76 bits per heavy atom. The monoisotopic (exact) mass is 305 g/mol. The average Bonchev–Trinajstić information content (AvgIpc) is 2.30. The van der Waals surface area contributed by atoms with Gasteiger partial charge in [-0.15, -0.1) is 0 Å². The van der Waals surface area contributed by atoms with Crippen molar-refractivity contribution in [3.63, 3.8) is 0 Å². The van der Waals surface area contributed by atoms with E-state index in [1.54, 1.807) is 0 Å². The molecule has 0 spiro atoms. The summed E-state index contributed by atoms with van der Waals surface area (Å²) in [5, 5.41) is 11.6. The minimum absolute atomic E-state index is 0.267. The highest BCUT2D eigenvalue weighted by Gasteiger charge is 2.18. The first kappa shape index (κ1) is 13.9. The minimum Gasteiger partial charge on any atom is -0.485 e. The van der Waals surface area contributed by atoms with Crippen molar-refractivity contribution in [2.24, 2.45) is 0 Å². The van der Waals surface area contributed by atoms with Gasteiger partial charge in [0.25, 0.3) is 0 Å². The number of ether oxygens (including phenoxy) is 1. The number of nitro groups is 1. The van der Waals surface area contributed by atoms with Gasteiger partial charge < -0.3 is 4.74 Å². The molecule has 0 amide bonds. The Hall–Kier alpha value is -1.17. The Labute approximate surface area is 107 Å². The molecule has 94 valence electrons. The van der Waals surface area contributed by atoms with Crippen molar-refractivity contribution in [1.29, 1.82) is 0 Å². The maximum Gasteiger partial charge on any atom is 0.314 e. The van der Waals surface area contributed by atoms with Crippen LogP contribution in [0.3, 0.4) is 0 Å². The van der Waals surface area contributed by atoms with E-state index in [1.807, 2.05) is 0 Å². The SMILES string of the molecule is O=[N+]([O-])c1cccc(F)c1OCCCCCBr. The van der Waals surface area contributed by atoms with Gasteiger partial charge in [-0.25, -0.2) is 4.39 Å². The van der Waals surface area contributed by atoms with E-state index in [0.29, 0.717) is 0 Å². The molecule has 0 aromatic heterocycles. The number of benzene rings is 1. The van der Waals surface area contributed by atoms with Crippen LogP contribution in [0.4, 0.5) is 10.1 Å². The lowest BCUT2D eigenvalue weighted by Crippen LogP contribution is -2.02. The predicted molar refractivity (Wildman–Crippen MR) is 66.2 cm³/mol. The van der Waals surface area contributed by atoms with Gasteiger partial charge in [-0.1, -0.05) is 22.0 Å². The summed E-state index contributed by atoms with van der Waals surface area (Å²) in [6, 6.07) is 3.68. The molecular formula is C11H13BrFNO3. The number of halogens is 2. The van der Waals surface area contributed by atoms with E-state index in [1.165, 1.54) is 12.1 Å². The van der Waals surface area contributed by atoms with Gasteiger partial charge in [0.2, 0.25) is 5.75 Å². The van der Waals surface area contributed by atoms with E-state index in [-0.39, 0.29) is 18.0 Å². The van der Waals surface area contributed by atoms with E-state index in [0.717, 1.165) is 30.7 Å². The topological polar surface area (TPSA) is 52.4 Å². The molecule has 1 rings (SSSR count). The van der Waals surface area contributed by atoms with E-state index >= 15 is 0 Å². The third-order valence-electron chi connectivity index (χ3n) is 2.17. The molecule has 0 radical (unpaired) electrons. The molecule has 0 saturated heterocycles. The van der Waals surface area contributed by atoms with Crippen LogP contribution in [-0.4, -0.2) is 16.9 Å². The van der Waals surface area contributed by atoms with Gasteiger partial charge in [0.15, 0.2) is 5.82 Å². The van der Waals surface area contributed by atoms with E-state index in [2.05, 4.69) is 15.9 Å². The van der Waals surface area contributed by atoms with Gasteiger partial charge >= 0.3 is 5.69 Å². The van der Waals surface area contributed by atoms with Crippen LogP contribution in [0, 0.1) is 15.9 Å². The Bertz CT molecular complexity index is 387. The normalized spacial score (nSPS) is 10.2. The summed E-state index contributed by atoms with van der Waals surface area (Å²) in [7, 11) is 0. The van der Waals surface area contributed by atoms with Crippen LogP contribution in [0.5, 0.6) is 5.75 Å². The van der Waals surface area contributed by atoms with Gasteiger partial charge in [-0.3, -0.25) is 10.1 Å². The summed E-state index contributed by atoms with van der Waals surface area (Å²) in [5.74, 6) is -0.962. The second-order valence-electron chi connectivity index (χ2n) is 3.44. The molecule has 1 aromatic rings. The molecule has 0 aliphatic heterocycles. The molecule has 0 aliphatic rings. The number of rotatable bonds is 7. The maximum absolute atomic E-state index is 13.3. The molecule has 0 aliphatic carbocycles. The van der Waals surface area contributed by atoms with Crippen LogP contribution in [0.1, 0.15) is 19.3 Å². The van der Waals surface area contributed by atoms with Crippen molar-refractivity contribution >= 4 is 21.6 Å². The van der Waals surface area contributed by atoms with E-state index in [9.17, 15) is 14.5 Å². The smallest absolute Gasteiger partial charge is 0.314 e. The third kappa shape index (κ3) is 4.30. The first-order valence-electron chi connectivity index (χ1n) is 5.28. The molecule has 0 unspecified atom stereocenters. The zero-order valence-electron chi connectivity index (χ0n) is 9.20. The quantitative estimate of drug-likeness (QED) is 0.334. The van der Waals surface area contributed by atoms with Crippen molar-refractivity contribution in [3.05, 3.63) is 34.1 Å². The number of hydrogen-bond acceptors (Lipinski definition) is 3. The lowest BCUT2D eigenvalue weighted by atomic mass is 10.2. The second-order valence-corrected chi connectivity index (χ2v) is 4.24. The van der Waals surface area contributed by atoms with Crippen molar-refractivity contribution in [3.8, 4) is 5.75 Å². The maximum atomic E-state index is 13.3. The van der Waals surface area contributed by atoms with Crippen molar-refractivity contribution in [2.75, 3.05) is 11.9 Å². The standard InChI is InChI=1S/C11H13BrFNO3/c12-7-2-1-3-8-17-11-9(13)5-4-6-10(11)14(15)16/h4-6H,1-3,7-8H2. The molecule has 0 N–H and O–H groups in total. The van der Waals surface area contributed by atoms with Gasteiger partial charge in [0.05, 0.1) is 11.5 Å². The fourth-order valence-corrected chi connectivity index (χ4v) is 1.73. The zero-order chi connectivity index (χ0) is 12.7. The summed E-state index contributed by atoms with van der Waals surface area (Å²) in [6.45, 7) is 0.286. The summed E-state index contributed by atoms with van der Waals surface area (Å²) in [5.41, 5.74) is -0.328. The van der Waals surface area contributed by atoms with Crippen LogP contribution in [0.25, 0.3) is 0 Å². The molecule has 17 heavy (non-hydrogen) atoms.